The number of hydrogen-bond donors (Lipinski definition) is 15. The van der Waals surface area contributed by atoms with Crippen LogP contribution >= 0.6 is 0 Å². The third-order valence-corrected chi connectivity index (χ3v) is 11.1. The van der Waals surface area contributed by atoms with Gasteiger partial charge < -0.3 is 119 Å². The Morgan fingerprint density at radius 1 is 0.651 bits per heavy atom. The lowest BCUT2D eigenvalue weighted by atomic mass is 9.98. The molecule has 19 unspecified atom stereocenters. The molecule has 25 heteroatoms. The van der Waals surface area contributed by atoms with E-state index in [2.05, 4.69) is 0 Å². The van der Waals surface area contributed by atoms with Gasteiger partial charge in [0.25, 0.3) is 0 Å². The molecule has 63 heavy (non-hydrogen) atoms. The second kappa shape index (κ2) is 18.8. The summed E-state index contributed by atoms with van der Waals surface area (Å²) < 4.78 is 51.2. The van der Waals surface area contributed by atoms with Crippen LogP contribution in [0.15, 0.2) is 39.5 Å². The zero-order valence-electron chi connectivity index (χ0n) is 32.8. The van der Waals surface area contributed by atoms with E-state index in [1.54, 1.807) is 0 Å². The normalized spacial score (nSPS) is 39.9. The van der Waals surface area contributed by atoms with Crippen LogP contribution in [0.2, 0.25) is 0 Å². The van der Waals surface area contributed by atoms with E-state index in [0.29, 0.717) is 0 Å². The summed E-state index contributed by atoms with van der Waals surface area (Å²) in [5, 5.41) is 157. The number of hydrogen-bond acceptors (Lipinski definition) is 25. The van der Waals surface area contributed by atoms with Gasteiger partial charge in [-0.2, -0.15) is 0 Å². The highest BCUT2D eigenvalue weighted by molar-refractivity contribution is 5.88. The standard InChI is InChI=1S/C38H48O25/c1-10-21(44)26(49)30(53)35(57-10)56-9-19-24(47)28(51)34(63-36-29(52)22(45)15(43)8-55-36)38(61-19)62-33-25(48)20-14(42)5-12(40)6-17(20)58-32(33)11-2-3-13(41)16(4-11)59-37-31(54)27(50)23(46)18(7-39)60-37/h2-6,10,15,18-19,21-24,26-31,34-47,49-54H,7-9H2,1H3. The fraction of sp³-hybridized carbons (Fsp3) is 0.605. The number of fused-ring (bicyclic) bond motifs is 1. The van der Waals surface area contributed by atoms with Gasteiger partial charge in [0.05, 0.1) is 25.9 Å². The lowest BCUT2D eigenvalue weighted by molar-refractivity contribution is -0.352. The Morgan fingerprint density at radius 3 is 2.02 bits per heavy atom. The van der Waals surface area contributed by atoms with Crippen molar-refractivity contribution < 1.29 is 119 Å². The molecule has 25 nitrogen and oxygen atoms in total. The van der Waals surface area contributed by atoms with E-state index in [0.717, 1.165) is 30.3 Å². The number of benzene rings is 2. The number of phenolic OH excluding ortho intramolecular Hbond substituents is 3. The van der Waals surface area contributed by atoms with Gasteiger partial charge in [0.2, 0.25) is 23.8 Å². The molecule has 7 rings (SSSR count). The van der Waals surface area contributed by atoms with Gasteiger partial charge in [0.15, 0.2) is 35.9 Å². The number of phenols is 3. The molecule has 0 amide bonds. The van der Waals surface area contributed by atoms with Crippen molar-refractivity contribution in [1.82, 2.24) is 0 Å². The molecule has 0 radical (unpaired) electrons. The van der Waals surface area contributed by atoms with Crippen molar-refractivity contribution in [3.63, 3.8) is 0 Å². The van der Waals surface area contributed by atoms with Crippen LogP contribution in [0, 0.1) is 0 Å². The van der Waals surface area contributed by atoms with E-state index >= 15 is 0 Å². The second-order valence-electron chi connectivity index (χ2n) is 15.4. The van der Waals surface area contributed by atoms with E-state index in [1.165, 1.54) is 6.92 Å². The Bertz CT molecular complexity index is 2120. The van der Waals surface area contributed by atoms with Crippen LogP contribution in [0.3, 0.4) is 0 Å². The van der Waals surface area contributed by atoms with Crippen LogP contribution in [-0.2, 0) is 28.4 Å². The molecule has 0 spiro atoms. The molecule has 350 valence electrons. The van der Waals surface area contributed by atoms with Crippen molar-refractivity contribution in [2.45, 2.75) is 124 Å². The smallest absolute Gasteiger partial charge is 0.239 e. The molecule has 0 bridgehead atoms. The number of rotatable bonds is 11. The molecule has 19 atom stereocenters. The highest BCUT2D eigenvalue weighted by atomic mass is 16.8. The van der Waals surface area contributed by atoms with Crippen molar-refractivity contribution in [2.75, 3.05) is 19.8 Å². The van der Waals surface area contributed by atoms with Crippen LogP contribution < -0.4 is 14.9 Å². The van der Waals surface area contributed by atoms with E-state index in [9.17, 15) is 81.4 Å². The molecule has 4 aliphatic rings. The van der Waals surface area contributed by atoms with Crippen LogP contribution in [0.25, 0.3) is 22.3 Å². The average molecular weight is 905 g/mol. The first-order valence-corrected chi connectivity index (χ1v) is 19.4. The van der Waals surface area contributed by atoms with Gasteiger partial charge in [-0.15, -0.1) is 0 Å². The minimum atomic E-state index is -2.12. The van der Waals surface area contributed by atoms with Gasteiger partial charge in [-0.05, 0) is 25.1 Å². The van der Waals surface area contributed by atoms with Gasteiger partial charge in [-0.3, -0.25) is 4.79 Å². The quantitative estimate of drug-likeness (QED) is 0.0852. The first-order chi connectivity index (χ1) is 29.8. The molecule has 3 aromatic rings. The van der Waals surface area contributed by atoms with Crippen molar-refractivity contribution in [1.29, 1.82) is 0 Å². The Hall–Kier alpha value is -4.07. The molecule has 5 heterocycles. The summed E-state index contributed by atoms with van der Waals surface area (Å²) >= 11 is 0. The molecular weight excluding hydrogens is 856 g/mol. The van der Waals surface area contributed by atoms with E-state index in [4.69, 9.17) is 42.3 Å². The van der Waals surface area contributed by atoms with Gasteiger partial charge in [-0.1, -0.05) is 0 Å². The molecule has 2 aromatic carbocycles. The van der Waals surface area contributed by atoms with Crippen LogP contribution in [0.5, 0.6) is 28.7 Å². The highest BCUT2D eigenvalue weighted by Gasteiger charge is 2.52. The lowest BCUT2D eigenvalue weighted by Crippen LogP contribution is -2.64. The molecule has 1 aromatic heterocycles. The number of aliphatic hydroxyl groups is 12. The Balaban J connectivity index is 1.28. The van der Waals surface area contributed by atoms with Crippen molar-refractivity contribution >= 4 is 11.0 Å². The molecule has 4 fully saturated rings. The maximum absolute atomic E-state index is 14.4. The van der Waals surface area contributed by atoms with Crippen molar-refractivity contribution in [3.05, 3.63) is 40.6 Å². The largest absolute Gasteiger partial charge is 0.508 e. The lowest BCUT2D eigenvalue weighted by Gasteiger charge is -2.45. The zero-order valence-corrected chi connectivity index (χ0v) is 32.8. The molecule has 0 aliphatic carbocycles. The maximum atomic E-state index is 14.4. The third kappa shape index (κ3) is 9.12. The summed E-state index contributed by atoms with van der Waals surface area (Å²) in [6.45, 7) is -0.785. The highest BCUT2D eigenvalue weighted by Crippen LogP contribution is 2.41. The number of ether oxygens (including phenoxy) is 8. The van der Waals surface area contributed by atoms with Gasteiger partial charge in [0.1, 0.15) is 102 Å². The maximum Gasteiger partial charge on any atom is 0.239 e. The number of aliphatic hydroxyl groups excluding tert-OH is 12. The first kappa shape index (κ1) is 46.9. The van der Waals surface area contributed by atoms with Crippen LogP contribution in [-0.4, -0.2) is 213 Å². The summed E-state index contributed by atoms with van der Waals surface area (Å²) in [4.78, 5) is 14.4. The van der Waals surface area contributed by atoms with E-state index in [-0.39, 0.29) is 5.56 Å². The predicted octanol–water partition coefficient (Wildman–Crippen LogP) is -5.75. The summed E-state index contributed by atoms with van der Waals surface area (Å²) in [5.41, 5.74) is -1.83. The SMILES string of the molecule is CC1OC(OCC2OC(Oc3c(-c4ccc(O)c(OC5OC(CO)C(O)C(O)C5O)c4)oc4cc(O)cc(O)c4c3=O)C(OC3OCC(O)C(O)C3O)C(O)C2O)C(O)C(O)C1O. The molecule has 0 saturated carbocycles. The monoisotopic (exact) mass is 904 g/mol. The summed E-state index contributed by atoms with van der Waals surface area (Å²) in [6.07, 6.45) is -33.6. The zero-order chi connectivity index (χ0) is 45.8. The molecule has 15 N–H and O–H groups in total. The Labute approximate surface area is 353 Å². The Kier molecular flexibility index (Phi) is 14.0. The van der Waals surface area contributed by atoms with Crippen molar-refractivity contribution in [3.8, 4) is 40.1 Å². The second-order valence-corrected chi connectivity index (χ2v) is 15.4. The van der Waals surface area contributed by atoms with E-state index < -0.39 is 187 Å². The summed E-state index contributed by atoms with van der Waals surface area (Å²) in [5.74, 6) is -3.97. The number of aromatic hydroxyl groups is 3. The van der Waals surface area contributed by atoms with Gasteiger partial charge >= 0.3 is 0 Å². The van der Waals surface area contributed by atoms with Crippen LogP contribution in [0.1, 0.15) is 6.92 Å². The minimum Gasteiger partial charge on any atom is -0.508 e. The van der Waals surface area contributed by atoms with Crippen molar-refractivity contribution in [2.24, 2.45) is 0 Å². The fourth-order valence-electron chi connectivity index (χ4n) is 7.40. The van der Waals surface area contributed by atoms with Gasteiger partial charge in [0, 0.05) is 17.7 Å². The minimum absolute atomic E-state index is 0.209. The van der Waals surface area contributed by atoms with Gasteiger partial charge in [-0.25, -0.2) is 0 Å². The average Bonchev–Trinajstić information content (AvgIpc) is 3.25. The molecule has 4 aliphatic heterocycles. The summed E-state index contributed by atoms with van der Waals surface area (Å²) in [6, 6.07) is 4.93. The Morgan fingerprint density at radius 2 is 1.30 bits per heavy atom. The first-order valence-electron chi connectivity index (χ1n) is 19.4. The fourth-order valence-corrected chi connectivity index (χ4v) is 7.40. The molecular formula is C38H48O25. The van der Waals surface area contributed by atoms with Crippen LogP contribution in [0.4, 0.5) is 0 Å². The third-order valence-electron chi connectivity index (χ3n) is 11.1. The predicted molar refractivity (Wildman–Crippen MR) is 200 cm³/mol. The topological polar surface area (TPSA) is 408 Å². The molecule has 4 saturated heterocycles. The van der Waals surface area contributed by atoms with E-state index in [1.807, 2.05) is 0 Å². The summed E-state index contributed by atoms with van der Waals surface area (Å²) in [7, 11) is 0.